The Morgan fingerprint density at radius 1 is 1.09 bits per heavy atom. The molecular weight excluding hydrogens is 426 g/mol. The van der Waals surface area contributed by atoms with E-state index in [-0.39, 0.29) is 22.8 Å². The number of likely N-dealkylation sites (tertiary alicyclic amines) is 1. The summed E-state index contributed by atoms with van der Waals surface area (Å²) < 4.78 is 34.1. The summed E-state index contributed by atoms with van der Waals surface area (Å²) in [6.07, 6.45) is 5.51. The molecule has 1 aromatic heterocycles. The van der Waals surface area contributed by atoms with Gasteiger partial charge in [0.05, 0.1) is 17.2 Å². The molecule has 0 radical (unpaired) electrons. The molecule has 1 aromatic carbocycles. The number of hydrogen-bond donors (Lipinski definition) is 2. The molecule has 1 aliphatic rings. The predicted octanol–water partition coefficient (Wildman–Crippen LogP) is 3.62. The monoisotopic (exact) mass is 461 g/mol. The summed E-state index contributed by atoms with van der Waals surface area (Å²) in [4.78, 5) is 15.6. The van der Waals surface area contributed by atoms with Crippen LogP contribution < -0.4 is 10.0 Å². The number of nitrogens with one attached hydrogen (secondary N) is 2. The number of carbonyl (C=O) groups is 1. The van der Waals surface area contributed by atoms with Crippen LogP contribution in [0.2, 0.25) is 0 Å². The molecule has 8 heteroatoms. The lowest BCUT2D eigenvalue weighted by Crippen LogP contribution is -2.49. The molecule has 1 fully saturated rings. The van der Waals surface area contributed by atoms with Gasteiger partial charge in [0.15, 0.2) is 0 Å². The molecule has 0 unspecified atom stereocenters. The Morgan fingerprint density at radius 2 is 1.78 bits per heavy atom. The summed E-state index contributed by atoms with van der Waals surface area (Å²) >= 11 is 0. The van der Waals surface area contributed by atoms with Crippen LogP contribution in [0, 0.1) is 12.8 Å². The Balaban J connectivity index is 1.71. The van der Waals surface area contributed by atoms with E-state index >= 15 is 0 Å². The zero-order chi connectivity index (χ0) is 23.1. The highest BCUT2D eigenvalue weighted by Crippen LogP contribution is 2.24. The van der Waals surface area contributed by atoms with Gasteiger partial charge in [-0.25, -0.2) is 8.42 Å². The van der Waals surface area contributed by atoms with Gasteiger partial charge in [-0.05, 0) is 69.5 Å². The number of amides is 1. The standard InChI is InChI=1S/C24H35N3O4S/c1-18(2)16-21(26-32(29,30)20-11-9-19(3)10-12-20)24(28)25-17-22(23-8-7-15-31-23)27-13-5-4-6-14-27/h7-12,15,18,21-22,26H,4-6,13-14,16-17H2,1-3H3,(H,25,28)/t21-,22+/m0/s1. The van der Waals surface area contributed by atoms with Gasteiger partial charge in [-0.3, -0.25) is 9.69 Å². The van der Waals surface area contributed by atoms with Crippen LogP contribution in [-0.2, 0) is 14.8 Å². The number of hydrogen-bond acceptors (Lipinski definition) is 5. The lowest BCUT2D eigenvalue weighted by Gasteiger charge is -2.33. The third-order valence-corrected chi connectivity index (χ3v) is 7.31. The molecule has 3 rings (SSSR count). The second kappa shape index (κ2) is 11.1. The van der Waals surface area contributed by atoms with Crippen molar-refractivity contribution >= 4 is 15.9 Å². The Hall–Kier alpha value is -2.16. The number of carbonyl (C=O) groups excluding carboxylic acids is 1. The van der Waals surface area contributed by atoms with Gasteiger partial charge in [0.25, 0.3) is 0 Å². The molecule has 0 aliphatic carbocycles. The Bertz CT molecular complexity index is 950. The van der Waals surface area contributed by atoms with Crippen molar-refractivity contribution in [3.63, 3.8) is 0 Å². The third-order valence-electron chi connectivity index (χ3n) is 5.82. The maximum absolute atomic E-state index is 13.1. The fourth-order valence-electron chi connectivity index (χ4n) is 4.09. The summed E-state index contributed by atoms with van der Waals surface area (Å²) in [5.74, 6) is 0.644. The van der Waals surface area contributed by atoms with Crippen molar-refractivity contribution in [1.82, 2.24) is 14.9 Å². The van der Waals surface area contributed by atoms with Gasteiger partial charge in [0, 0.05) is 6.54 Å². The van der Waals surface area contributed by atoms with E-state index in [4.69, 9.17) is 4.42 Å². The third kappa shape index (κ3) is 6.67. The average Bonchev–Trinajstić information content (AvgIpc) is 3.28. The van der Waals surface area contributed by atoms with Gasteiger partial charge in [0.1, 0.15) is 11.8 Å². The highest BCUT2D eigenvalue weighted by atomic mass is 32.2. The molecule has 2 heterocycles. The second-order valence-corrected chi connectivity index (χ2v) is 10.7. The van der Waals surface area contributed by atoms with E-state index in [0.29, 0.717) is 13.0 Å². The number of piperidine rings is 1. The minimum atomic E-state index is -3.81. The first-order chi connectivity index (χ1) is 15.3. The molecule has 0 saturated carbocycles. The average molecular weight is 462 g/mol. The molecule has 0 bridgehead atoms. The van der Waals surface area contributed by atoms with Crippen LogP contribution in [0.25, 0.3) is 0 Å². The first-order valence-electron chi connectivity index (χ1n) is 11.4. The maximum atomic E-state index is 13.1. The topological polar surface area (TPSA) is 91.6 Å². The van der Waals surface area contributed by atoms with Gasteiger partial charge < -0.3 is 9.73 Å². The Morgan fingerprint density at radius 3 is 2.38 bits per heavy atom. The van der Waals surface area contributed by atoms with Gasteiger partial charge in [0.2, 0.25) is 15.9 Å². The highest BCUT2D eigenvalue weighted by Gasteiger charge is 2.29. The zero-order valence-electron chi connectivity index (χ0n) is 19.2. The van der Waals surface area contributed by atoms with Crippen LogP contribution in [0.3, 0.4) is 0 Å². The molecular formula is C24H35N3O4S. The van der Waals surface area contributed by atoms with Crippen LogP contribution in [-0.4, -0.2) is 44.9 Å². The van der Waals surface area contributed by atoms with Gasteiger partial charge in [-0.1, -0.05) is 38.0 Å². The van der Waals surface area contributed by atoms with Crippen molar-refractivity contribution in [1.29, 1.82) is 0 Å². The second-order valence-electron chi connectivity index (χ2n) is 8.99. The molecule has 0 spiro atoms. The van der Waals surface area contributed by atoms with E-state index in [1.54, 1.807) is 30.5 Å². The Labute approximate surface area is 191 Å². The number of furan rings is 1. The van der Waals surface area contributed by atoms with E-state index in [2.05, 4.69) is 14.9 Å². The quantitative estimate of drug-likeness (QED) is 0.564. The van der Waals surface area contributed by atoms with E-state index in [0.717, 1.165) is 37.3 Å². The molecule has 7 nitrogen and oxygen atoms in total. The lowest BCUT2D eigenvalue weighted by molar-refractivity contribution is -0.123. The van der Waals surface area contributed by atoms with Crippen LogP contribution in [0.5, 0.6) is 0 Å². The van der Waals surface area contributed by atoms with Crippen LogP contribution >= 0.6 is 0 Å². The normalized spacial score (nSPS) is 17.2. The molecule has 1 aliphatic heterocycles. The fraction of sp³-hybridized carbons (Fsp3) is 0.542. The van der Waals surface area contributed by atoms with Crippen molar-refractivity contribution in [2.45, 2.75) is 63.4 Å². The lowest BCUT2D eigenvalue weighted by atomic mass is 10.0. The number of benzene rings is 1. The molecule has 176 valence electrons. The SMILES string of the molecule is Cc1ccc(S(=O)(=O)N[C@@H](CC(C)C)C(=O)NC[C@H](c2ccco2)N2CCCCC2)cc1. The minimum absolute atomic E-state index is 0.0670. The molecule has 2 atom stereocenters. The van der Waals surface area contributed by atoms with E-state index < -0.39 is 16.1 Å². The van der Waals surface area contributed by atoms with Crippen molar-refractivity contribution in [2.75, 3.05) is 19.6 Å². The summed E-state index contributed by atoms with van der Waals surface area (Å²) in [5, 5.41) is 2.99. The highest BCUT2D eigenvalue weighted by molar-refractivity contribution is 7.89. The largest absolute Gasteiger partial charge is 0.468 e. The smallest absolute Gasteiger partial charge is 0.241 e. The Kier molecular flexibility index (Phi) is 8.51. The first kappa shape index (κ1) is 24.5. The summed E-state index contributed by atoms with van der Waals surface area (Å²) in [6, 6.07) is 9.48. The van der Waals surface area contributed by atoms with Crippen LogP contribution in [0.4, 0.5) is 0 Å². The fourth-order valence-corrected chi connectivity index (χ4v) is 5.30. The maximum Gasteiger partial charge on any atom is 0.241 e. The van der Waals surface area contributed by atoms with E-state index in [1.807, 2.05) is 32.9 Å². The number of rotatable bonds is 10. The van der Waals surface area contributed by atoms with Gasteiger partial charge in [-0.15, -0.1) is 0 Å². The molecule has 32 heavy (non-hydrogen) atoms. The summed E-state index contributed by atoms with van der Waals surface area (Å²) in [6.45, 7) is 8.12. The summed E-state index contributed by atoms with van der Waals surface area (Å²) in [7, 11) is -3.81. The first-order valence-corrected chi connectivity index (χ1v) is 12.9. The van der Waals surface area contributed by atoms with E-state index in [9.17, 15) is 13.2 Å². The van der Waals surface area contributed by atoms with Crippen molar-refractivity contribution in [3.05, 3.63) is 54.0 Å². The van der Waals surface area contributed by atoms with Crippen LogP contribution in [0.1, 0.15) is 56.9 Å². The minimum Gasteiger partial charge on any atom is -0.468 e. The van der Waals surface area contributed by atoms with Crippen molar-refractivity contribution < 1.29 is 17.6 Å². The number of aryl methyl sites for hydroxylation is 1. The van der Waals surface area contributed by atoms with Crippen molar-refractivity contribution in [2.24, 2.45) is 5.92 Å². The van der Waals surface area contributed by atoms with Crippen molar-refractivity contribution in [3.8, 4) is 0 Å². The predicted molar refractivity (Wildman–Crippen MR) is 125 cm³/mol. The van der Waals surface area contributed by atoms with E-state index in [1.165, 1.54) is 6.42 Å². The molecule has 2 N–H and O–H groups in total. The van der Waals surface area contributed by atoms with Gasteiger partial charge in [-0.2, -0.15) is 4.72 Å². The zero-order valence-corrected chi connectivity index (χ0v) is 20.0. The molecule has 1 amide bonds. The molecule has 2 aromatic rings. The van der Waals surface area contributed by atoms with Crippen LogP contribution in [0.15, 0.2) is 52.0 Å². The number of nitrogens with zero attached hydrogens (tertiary/aromatic N) is 1. The van der Waals surface area contributed by atoms with Gasteiger partial charge >= 0.3 is 0 Å². The number of sulfonamides is 1. The summed E-state index contributed by atoms with van der Waals surface area (Å²) in [5.41, 5.74) is 0.974. The molecule has 1 saturated heterocycles.